The lowest BCUT2D eigenvalue weighted by atomic mass is 10.2. The van der Waals surface area contributed by atoms with Gasteiger partial charge < -0.3 is 24.4 Å². The molecule has 150 valence electrons. The number of nitrogens with zero attached hydrogens (tertiary/aromatic N) is 1. The van der Waals surface area contributed by atoms with Gasteiger partial charge in [0.15, 0.2) is 5.11 Å². The van der Waals surface area contributed by atoms with Crippen LogP contribution in [-0.4, -0.2) is 43.5 Å². The normalized spacial score (nSPS) is 15.9. The average molecular weight is 405 g/mol. The maximum atomic E-state index is 13.6. The van der Waals surface area contributed by atoms with Gasteiger partial charge in [0, 0.05) is 25.8 Å². The van der Waals surface area contributed by atoms with E-state index < -0.39 is 0 Å². The van der Waals surface area contributed by atoms with Crippen molar-refractivity contribution in [3.05, 3.63) is 53.8 Å². The van der Waals surface area contributed by atoms with E-state index in [4.69, 9.17) is 26.4 Å². The first-order valence-corrected chi connectivity index (χ1v) is 9.64. The van der Waals surface area contributed by atoms with Crippen LogP contribution < -0.4 is 14.8 Å². The molecular weight excluding hydrogens is 379 g/mol. The lowest BCUT2D eigenvalue weighted by Gasteiger charge is -2.29. The second-order valence-corrected chi connectivity index (χ2v) is 7.03. The van der Waals surface area contributed by atoms with Crippen LogP contribution in [0.1, 0.15) is 18.4 Å². The van der Waals surface area contributed by atoms with E-state index in [1.807, 2.05) is 23.1 Å². The van der Waals surface area contributed by atoms with Gasteiger partial charge in [-0.2, -0.15) is 0 Å². The molecule has 2 aromatic rings. The van der Waals surface area contributed by atoms with E-state index in [-0.39, 0.29) is 11.9 Å². The third-order valence-corrected chi connectivity index (χ3v) is 5.01. The monoisotopic (exact) mass is 404 g/mol. The highest BCUT2D eigenvalue weighted by atomic mass is 32.1. The Morgan fingerprint density at radius 2 is 2.11 bits per heavy atom. The van der Waals surface area contributed by atoms with Crippen molar-refractivity contribution in [2.24, 2.45) is 0 Å². The van der Waals surface area contributed by atoms with E-state index in [0.717, 1.165) is 30.7 Å². The quantitative estimate of drug-likeness (QED) is 0.697. The summed E-state index contributed by atoms with van der Waals surface area (Å²) in [4.78, 5) is 2.00. The molecule has 1 N–H and O–H groups in total. The standard InChI is InChI=1S/C21H25FN2O3S/c1-25-17-8-9-19(20(12-17)26-2)23-21(28)24(14-18-7-4-10-27-18)13-15-5-3-6-16(22)11-15/h3,5-6,8-9,11-12,18H,4,7,10,13-14H2,1-2H3,(H,23,28). The van der Waals surface area contributed by atoms with Crippen LogP contribution >= 0.6 is 12.2 Å². The fourth-order valence-corrected chi connectivity index (χ4v) is 3.45. The molecule has 3 rings (SSSR count). The van der Waals surface area contributed by atoms with Gasteiger partial charge in [0.1, 0.15) is 17.3 Å². The second-order valence-electron chi connectivity index (χ2n) is 6.64. The summed E-state index contributed by atoms with van der Waals surface area (Å²) in [5, 5.41) is 3.78. The zero-order chi connectivity index (χ0) is 19.9. The maximum absolute atomic E-state index is 13.6. The van der Waals surface area contributed by atoms with Gasteiger partial charge in [0.05, 0.1) is 26.0 Å². The molecule has 1 atom stereocenters. The maximum Gasteiger partial charge on any atom is 0.173 e. The fourth-order valence-electron chi connectivity index (χ4n) is 3.21. The number of halogens is 1. The van der Waals surface area contributed by atoms with Crippen LogP contribution in [0.15, 0.2) is 42.5 Å². The summed E-state index contributed by atoms with van der Waals surface area (Å²) in [7, 11) is 3.20. The molecule has 0 amide bonds. The number of methoxy groups -OCH3 is 2. The Hall–Kier alpha value is -2.38. The molecule has 0 aromatic heterocycles. The Balaban J connectivity index is 1.77. The predicted octanol–water partition coefficient (Wildman–Crippen LogP) is 4.22. The summed E-state index contributed by atoms with van der Waals surface area (Å²) in [6, 6.07) is 12.1. The SMILES string of the molecule is COc1ccc(NC(=S)N(Cc2cccc(F)c2)CC2CCCO2)c(OC)c1. The number of hydrogen-bond donors (Lipinski definition) is 1. The summed E-state index contributed by atoms with van der Waals surface area (Å²) < 4.78 is 30.1. The van der Waals surface area contributed by atoms with E-state index in [1.54, 1.807) is 26.4 Å². The number of nitrogens with one attached hydrogen (secondary N) is 1. The van der Waals surface area contributed by atoms with Crippen LogP contribution in [0, 0.1) is 5.82 Å². The highest BCUT2D eigenvalue weighted by Crippen LogP contribution is 2.29. The topological polar surface area (TPSA) is 43.0 Å². The molecule has 1 aliphatic heterocycles. The molecule has 0 radical (unpaired) electrons. The van der Waals surface area contributed by atoms with E-state index in [0.29, 0.717) is 29.7 Å². The minimum Gasteiger partial charge on any atom is -0.497 e. The minimum atomic E-state index is -0.259. The van der Waals surface area contributed by atoms with E-state index in [2.05, 4.69) is 5.32 Å². The lowest BCUT2D eigenvalue weighted by Crippen LogP contribution is -2.39. The molecule has 5 nitrogen and oxygen atoms in total. The Labute approximate surface area is 170 Å². The van der Waals surface area contributed by atoms with Crippen molar-refractivity contribution in [3.8, 4) is 11.5 Å². The van der Waals surface area contributed by atoms with E-state index >= 15 is 0 Å². The van der Waals surface area contributed by atoms with Gasteiger partial charge in [-0.3, -0.25) is 0 Å². The summed E-state index contributed by atoms with van der Waals surface area (Å²) in [5.41, 5.74) is 1.59. The Kier molecular flexibility index (Phi) is 7.06. The molecule has 0 bridgehead atoms. The van der Waals surface area contributed by atoms with E-state index in [1.165, 1.54) is 12.1 Å². The first-order valence-electron chi connectivity index (χ1n) is 9.23. The Morgan fingerprint density at radius 3 is 2.79 bits per heavy atom. The number of thiocarbonyl (C=S) groups is 1. The predicted molar refractivity (Wildman–Crippen MR) is 112 cm³/mol. The van der Waals surface area contributed by atoms with Crippen LogP contribution in [0.5, 0.6) is 11.5 Å². The zero-order valence-corrected chi connectivity index (χ0v) is 16.9. The molecule has 28 heavy (non-hydrogen) atoms. The third kappa shape index (κ3) is 5.33. The summed E-state index contributed by atoms with van der Waals surface area (Å²) in [6.45, 7) is 1.90. The molecule has 1 saturated heterocycles. The van der Waals surface area contributed by atoms with Gasteiger partial charge in [-0.25, -0.2) is 4.39 Å². The van der Waals surface area contributed by atoms with Crippen molar-refractivity contribution in [1.82, 2.24) is 4.90 Å². The molecule has 7 heteroatoms. The van der Waals surface area contributed by atoms with Crippen molar-refractivity contribution in [2.45, 2.75) is 25.5 Å². The van der Waals surface area contributed by atoms with Crippen LogP contribution in [0.2, 0.25) is 0 Å². The first kappa shape index (κ1) is 20.4. The average Bonchev–Trinajstić information content (AvgIpc) is 3.21. The minimum absolute atomic E-state index is 0.117. The molecule has 1 unspecified atom stereocenters. The smallest absolute Gasteiger partial charge is 0.173 e. The van der Waals surface area contributed by atoms with Gasteiger partial charge in [-0.05, 0) is 54.9 Å². The van der Waals surface area contributed by atoms with Crippen molar-refractivity contribution in [3.63, 3.8) is 0 Å². The van der Waals surface area contributed by atoms with Crippen molar-refractivity contribution >= 4 is 23.0 Å². The van der Waals surface area contributed by atoms with Crippen molar-refractivity contribution < 1.29 is 18.6 Å². The highest BCUT2D eigenvalue weighted by Gasteiger charge is 2.22. The Bertz CT molecular complexity index is 812. The van der Waals surface area contributed by atoms with Gasteiger partial charge in [0.25, 0.3) is 0 Å². The van der Waals surface area contributed by atoms with Crippen molar-refractivity contribution in [2.75, 3.05) is 32.7 Å². The lowest BCUT2D eigenvalue weighted by molar-refractivity contribution is 0.0905. The first-order chi connectivity index (χ1) is 13.6. The van der Waals surface area contributed by atoms with Crippen molar-refractivity contribution in [1.29, 1.82) is 0 Å². The molecular formula is C21H25FN2O3S. The summed E-state index contributed by atoms with van der Waals surface area (Å²) >= 11 is 5.67. The molecule has 2 aromatic carbocycles. The molecule has 0 spiro atoms. The van der Waals surface area contributed by atoms with Crippen LogP contribution in [-0.2, 0) is 11.3 Å². The highest BCUT2D eigenvalue weighted by molar-refractivity contribution is 7.80. The molecule has 0 aliphatic carbocycles. The van der Waals surface area contributed by atoms with Crippen LogP contribution in [0.25, 0.3) is 0 Å². The molecule has 1 aliphatic rings. The summed E-state index contributed by atoms with van der Waals surface area (Å²) in [5.74, 6) is 1.07. The molecule has 1 fully saturated rings. The number of ether oxygens (including phenoxy) is 3. The molecule has 0 saturated carbocycles. The molecule has 1 heterocycles. The summed E-state index contributed by atoms with van der Waals surface area (Å²) in [6.07, 6.45) is 2.16. The fraction of sp³-hybridized carbons (Fsp3) is 0.381. The zero-order valence-electron chi connectivity index (χ0n) is 16.1. The van der Waals surface area contributed by atoms with Crippen LogP contribution in [0.4, 0.5) is 10.1 Å². The second kappa shape index (κ2) is 9.71. The van der Waals surface area contributed by atoms with Gasteiger partial charge in [-0.15, -0.1) is 0 Å². The van der Waals surface area contributed by atoms with Gasteiger partial charge in [0.2, 0.25) is 0 Å². The van der Waals surface area contributed by atoms with Gasteiger partial charge in [-0.1, -0.05) is 12.1 Å². The van der Waals surface area contributed by atoms with E-state index in [9.17, 15) is 4.39 Å². The van der Waals surface area contributed by atoms with Crippen LogP contribution in [0.3, 0.4) is 0 Å². The number of anilines is 1. The Morgan fingerprint density at radius 1 is 1.25 bits per heavy atom. The van der Waals surface area contributed by atoms with Gasteiger partial charge >= 0.3 is 0 Å². The number of benzene rings is 2. The largest absolute Gasteiger partial charge is 0.497 e. The number of hydrogen-bond acceptors (Lipinski definition) is 4. The number of rotatable bonds is 7. The third-order valence-electron chi connectivity index (χ3n) is 4.65.